The van der Waals surface area contributed by atoms with E-state index in [1.165, 1.54) is 19.3 Å². The standard InChI is InChI=1S/C12H21NOS/c1-3-4-5-8-13-9-11-6-7-12(14-11)10-15-2/h6-7,13H,3-5,8-10H2,1-2H3. The molecule has 1 heterocycles. The molecule has 1 N–H and O–H groups in total. The highest BCUT2D eigenvalue weighted by Gasteiger charge is 2.00. The smallest absolute Gasteiger partial charge is 0.117 e. The fraction of sp³-hybridized carbons (Fsp3) is 0.667. The Balaban J connectivity index is 2.14. The van der Waals surface area contributed by atoms with Gasteiger partial charge >= 0.3 is 0 Å². The Bertz CT molecular complexity index is 260. The summed E-state index contributed by atoms with van der Waals surface area (Å²) in [5.74, 6) is 3.10. The van der Waals surface area contributed by atoms with Crippen molar-refractivity contribution in [1.82, 2.24) is 5.32 Å². The summed E-state index contributed by atoms with van der Waals surface area (Å²) < 4.78 is 5.65. The van der Waals surface area contributed by atoms with E-state index in [2.05, 4.69) is 30.6 Å². The molecule has 3 heteroatoms. The summed E-state index contributed by atoms with van der Waals surface area (Å²) in [4.78, 5) is 0. The van der Waals surface area contributed by atoms with Gasteiger partial charge < -0.3 is 9.73 Å². The van der Waals surface area contributed by atoms with E-state index in [1.807, 2.05) is 0 Å². The maximum absolute atomic E-state index is 5.65. The molecule has 0 atom stereocenters. The predicted molar refractivity (Wildman–Crippen MR) is 67.2 cm³/mol. The lowest BCUT2D eigenvalue weighted by Gasteiger charge is -2.01. The number of thioether (sulfide) groups is 1. The molecule has 1 aromatic rings. The van der Waals surface area contributed by atoms with Crippen LogP contribution in [0.5, 0.6) is 0 Å². The van der Waals surface area contributed by atoms with Crippen molar-refractivity contribution in [1.29, 1.82) is 0 Å². The van der Waals surface area contributed by atoms with Crippen LogP contribution in [0.2, 0.25) is 0 Å². The molecule has 0 aliphatic rings. The minimum atomic E-state index is 0.859. The molecule has 0 aliphatic heterocycles. The number of hydrogen-bond donors (Lipinski definition) is 1. The average Bonchev–Trinajstić information content (AvgIpc) is 2.66. The van der Waals surface area contributed by atoms with Crippen molar-refractivity contribution in [2.24, 2.45) is 0 Å². The van der Waals surface area contributed by atoms with Crippen molar-refractivity contribution in [3.63, 3.8) is 0 Å². The third-order valence-corrected chi connectivity index (χ3v) is 2.83. The molecule has 0 unspecified atom stereocenters. The second kappa shape index (κ2) is 7.83. The summed E-state index contributed by atoms with van der Waals surface area (Å²) in [6.45, 7) is 4.17. The molecule has 86 valence electrons. The lowest BCUT2D eigenvalue weighted by Crippen LogP contribution is -2.13. The summed E-state index contributed by atoms with van der Waals surface area (Å²) in [5, 5.41) is 3.39. The van der Waals surface area contributed by atoms with Crippen LogP contribution < -0.4 is 5.32 Å². The van der Waals surface area contributed by atoms with Crippen LogP contribution in [0, 0.1) is 0 Å². The van der Waals surface area contributed by atoms with Gasteiger partial charge in [-0.05, 0) is 31.4 Å². The van der Waals surface area contributed by atoms with Gasteiger partial charge in [-0.15, -0.1) is 0 Å². The average molecular weight is 227 g/mol. The molecule has 1 aromatic heterocycles. The Morgan fingerprint density at radius 1 is 1.27 bits per heavy atom. The van der Waals surface area contributed by atoms with Gasteiger partial charge in [0.25, 0.3) is 0 Å². The first-order valence-electron chi connectivity index (χ1n) is 5.64. The van der Waals surface area contributed by atoms with Crippen LogP contribution in [0.4, 0.5) is 0 Å². The van der Waals surface area contributed by atoms with Crippen LogP contribution in [0.15, 0.2) is 16.5 Å². The number of nitrogens with one attached hydrogen (secondary N) is 1. The van der Waals surface area contributed by atoms with Crippen molar-refractivity contribution in [3.05, 3.63) is 23.7 Å². The normalized spacial score (nSPS) is 10.8. The highest BCUT2D eigenvalue weighted by atomic mass is 32.2. The van der Waals surface area contributed by atoms with Crippen LogP contribution in [-0.4, -0.2) is 12.8 Å². The summed E-state index contributed by atoms with van der Waals surface area (Å²) >= 11 is 1.79. The lowest BCUT2D eigenvalue weighted by molar-refractivity contribution is 0.457. The van der Waals surface area contributed by atoms with Crippen molar-refractivity contribution in [2.75, 3.05) is 12.8 Å². The topological polar surface area (TPSA) is 25.2 Å². The predicted octanol–water partition coefficient (Wildman–Crippen LogP) is 3.42. The maximum Gasteiger partial charge on any atom is 0.117 e. The minimum Gasteiger partial charge on any atom is -0.464 e. The van der Waals surface area contributed by atoms with Gasteiger partial charge in [0.05, 0.1) is 12.3 Å². The van der Waals surface area contributed by atoms with Crippen molar-refractivity contribution < 1.29 is 4.42 Å². The van der Waals surface area contributed by atoms with Gasteiger partial charge in [0.15, 0.2) is 0 Å². The molecule has 15 heavy (non-hydrogen) atoms. The molecule has 0 spiro atoms. The van der Waals surface area contributed by atoms with Crippen molar-refractivity contribution in [2.45, 2.75) is 38.5 Å². The zero-order valence-electron chi connectivity index (χ0n) is 9.71. The number of furan rings is 1. The molecule has 0 bridgehead atoms. The van der Waals surface area contributed by atoms with E-state index in [1.54, 1.807) is 11.8 Å². The van der Waals surface area contributed by atoms with Crippen LogP contribution in [-0.2, 0) is 12.3 Å². The van der Waals surface area contributed by atoms with Crippen molar-refractivity contribution >= 4 is 11.8 Å². The SMILES string of the molecule is CCCCCNCc1ccc(CSC)o1. The Morgan fingerprint density at radius 3 is 2.80 bits per heavy atom. The summed E-state index contributed by atoms with van der Waals surface area (Å²) in [6.07, 6.45) is 5.93. The Morgan fingerprint density at radius 2 is 2.07 bits per heavy atom. The fourth-order valence-corrected chi connectivity index (χ4v) is 1.89. The fourth-order valence-electron chi connectivity index (χ4n) is 1.45. The highest BCUT2D eigenvalue weighted by molar-refractivity contribution is 7.97. The van der Waals surface area contributed by atoms with Crippen LogP contribution in [0.3, 0.4) is 0 Å². The van der Waals surface area contributed by atoms with Crippen molar-refractivity contribution in [3.8, 4) is 0 Å². The largest absolute Gasteiger partial charge is 0.464 e. The van der Waals surface area contributed by atoms with E-state index >= 15 is 0 Å². The Hall–Kier alpha value is -0.410. The summed E-state index contributed by atoms with van der Waals surface area (Å²) in [7, 11) is 0. The molecular formula is C12H21NOS. The first-order valence-corrected chi connectivity index (χ1v) is 7.03. The Labute approximate surface area is 96.8 Å². The summed E-state index contributed by atoms with van der Waals surface area (Å²) in [6, 6.07) is 4.14. The highest BCUT2D eigenvalue weighted by Crippen LogP contribution is 2.13. The Kier molecular flexibility index (Phi) is 6.60. The second-order valence-electron chi connectivity index (χ2n) is 3.68. The van der Waals surface area contributed by atoms with E-state index in [4.69, 9.17) is 4.42 Å². The summed E-state index contributed by atoms with van der Waals surface area (Å²) in [5.41, 5.74) is 0. The van der Waals surface area contributed by atoms with Gasteiger partial charge in [-0.1, -0.05) is 19.8 Å². The minimum absolute atomic E-state index is 0.859. The van der Waals surface area contributed by atoms with Gasteiger partial charge in [0.1, 0.15) is 11.5 Å². The zero-order chi connectivity index (χ0) is 10.9. The second-order valence-corrected chi connectivity index (χ2v) is 4.55. The molecular weight excluding hydrogens is 206 g/mol. The molecule has 0 aliphatic carbocycles. The van der Waals surface area contributed by atoms with E-state index in [-0.39, 0.29) is 0 Å². The van der Waals surface area contributed by atoms with Gasteiger partial charge in [-0.25, -0.2) is 0 Å². The number of hydrogen-bond acceptors (Lipinski definition) is 3. The van der Waals surface area contributed by atoms with E-state index in [0.717, 1.165) is 30.4 Å². The molecule has 0 aromatic carbocycles. The quantitative estimate of drug-likeness (QED) is 0.689. The number of unbranched alkanes of at least 4 members (excludes halogenated alkanes) is 2. The number of rotatable bonds is 8. The molecule has 2 nitrogen and oxygen atoms in total. The van der Waals surface area contributed by atoms with Gasteiger partial charge in [0, 0.05) is 0 Å². The molecule has 0 saturated carbocycles. The molecule has 0 fully saturated rings. The first-order chi connectivity index (χ1) is 7.36. The molecule has 0 saturated heterocycles. The molecule has 1 rings (SSSR count). The lowest BCUT2D eigenvalue weighted by atomic mass is 10.2. The van der Waals surface area contributed by atoms with E-state index < -0.39 is 0 Å². The maximum atomic E-state index is 5.65. The van der Waals surface area contributed by atoms with E-state index in [9.17, 15) is 0 Å². The third kappa shape index (κ3) is 5.28. The zero-order valence-corrected chi connectivity index (χ0v) is 10.5. The van der Waals surface area contributed by atoms with Gasteiger partial charge in [-0.2, -0.15) is 11.8 Å². The molecule has 0 radical (unpaired) electrons. The van der Waals surface area contributed by atoms with E-state index in [0.29, 0.717) is 0 Å². The van der Waals surface area contributed by atoms with Crippen LogP contribution in [0.25, 0.3) is 0 Å². The first kappa shape index (κ1) is 12.7. The molecule has 0 amide bonds. The van der Waals surface area contributed by atoms with Gasteiger partial charge in [0.2, 0.25) is 0 Å². The third-order valence-electron chi connectivity index (χ3n) is 2.26. The van der Waals surface area contributed by atoms with Crippen LogP contribution in [0.1, 0.15) is 37.7 Å². The van der Waals surface area contributed by atoms with Gasteiger partial charge in [-0.3, -0.25) is 0 Å². The monoisotopic (exact) mass is 227 g/mol. The van der Waals surface area contributed by atoms with Crippen LogP contribution >= 0.6 is 11.8 Å².